The average molecular weight is 370 g/mol. The van der Waals surface area contributed by atoms with Crippen LogP contribution in [0.1, 0.15) is 29.8 Å². The fraction of sp³-hybridized carbons (Fsp3) is 0.250. The lowest BCUT2D eigenvalue weighted by molar-refractivity contribution is -0.120. The quantitative estimate of drug-likeness (QED) is 0.416. The first-order valence-electron chi connectivity index (χ1n) is 8.40. The number of oxime groups is 1. The van der Waals surface area contributed by atoms with Gasteiger partial charge in [0.2, 0.25) is 0 Å². The summed E-state index contributed by atoms with van der Waals surface area (Å²) in [6.07, 6.45) is 1.48. The maximum atomic E-state index is 11.8. The predicted octanol–water partition coefficient (Wildman–Crippen LogP) is 3.29. The van der Waals surface area contributed by atoms with Crippen molar-refractivity contribution < 1.29 is 23.9 Å². The molecule has 0 unspecified atom stereocenters. The second-order valence-corrected chi connectivity index (χ2v) is 5.53. The second kappa shape index (κ2) is 9.96. The van der Waals surface area contributed by atoms with Gasteiger partial charge in [-0.2, -0.15) is 0 Å². The van der Waals surface area contributed by atoms with E-state index in [9.17, 15) is 9.59 Å². The van der Waals surface area contributed by atoms with Crippen LogP contribution in [-0.4, -0.2) is 38.2 Å². The number of methoxy groups -OCH3 is 1. The monoisotopic (exact) mass is 370 g/mol. The van der Waals surface area contributed by atoms with Crippen molar-refractivity contribution in [3.63, 3.8) is 0 Å². The van der Waals surface area contributed by atoms with Gasteiger partial charge in [0.25, 0.3) is 5.91 Å². The molecule has 0 aliphatic carbocycles. The minimum absolute atomic E-state index is 0.0310. The van der Waals surface area contributed by atoms with Crippen LogP contribution >= 0.6 is 0 Å². The normalized spacial score (nSPS) is 10.5. The fourth-order valence-corrected chi connectivity index (χ4v) is 2.22. The molecule has 0 bridgehead atoms. The van der Waals surface area contributed by atoms with Gasteiger partial charge in [0.15, 0.2) is 23.9 Å². The molecule has 0 saturated heterocycles. The van der Waals surface area contributed by atoms with Crippen LogP contribution in [0.3, 0.4) is 0 Å². The van der Waals surface area contributed by atoms with Gasteiger partial charge in [-0.25, -0.2) is 0 Å². The van der Waals surface area contributed by atoms with Gasteiger partial charge in [0, 0.05) is 16.8 Å². The summed E-state index contributed by atoms with van der Waals surface area (Å²) in [6.45, 7) is 3.68. The first-order valence-corrected chi connectivity index (χ1v) is 8.40. The van der Waals surface area contributed by atoms with Gasteiger partial charge in [-0.3, -0.25) is 9.59 Å². The van der Waals surface area contributed by atoms with Crippen molar-refractivity contribution in [3.8, 4) is 11.5 Å². The summed E-state index contributed by atoms with van der Waals surface area (Å²) < 4.78 is 10.7. The van der Waals surface area contributed by atoms with Crippen LogP contribution in [0.2, 0.25) is 0 Å². The summed E-state index contributed by atoms with van der Waals surface area (Å²) in [4.78, 5) is 28.1. The summed E-state index contributed by atoms with van der Waals surface area (Å²) in [5.74, 6) is 0.851. The Bertz CT molecular complexity index is 816. The van der Waals surface area contributed by atoms with Gasteiger partial charge in [-0.15, -0.1) is 0 Å². The number of amides is 1. The smallest absolute Gasteiger partial charge is 0.265 e. The number of ether oxygens (including phenoxy) is 2. The van der Waals surface area contributed by atoms with E-state index in [1.54, 1.807) is 49.6 Å². The summed E-state index contributed by atoms with van der Waals surface area (Å²) in [5.41, 5.74) is 1.91. The Morgan fingerprint density at radius 2 is 1.85 bits per heavy atom. The number of nitrogens with one attached hydrogen (secondary N) is 1. The van der Waals surface area contributed by atoms with Crippen LogP contribution in [0, 0.1) is 0 Å². The molecule has 2 aromatic rings. The molecule has 0 saturated carbocycles. The van der Waals surface area contributed by atoms with Gasteiger partial charge in [-0.1, -0.05) is 5.16 Å². The Labute approximate surface area is 157 Å². The van der Waals surface area contributed by atoms with Crippen LogP contribution in [0.5, 0.6) is 11.5 Å². The van der Waals surface area contributed by atoms with Crippen LogP contribution in [0.4, 0.5) is 5.69 Å². The van der Waals surface area contributed by atoms with E-state index >= 15 is 0 Å². The molecule has 27 heavy (non-hydrogen) atoms. The molecule has 0 spiro atoms. The van der Waals surface area contributed by atoms with E-state index in [4.69, 9.17) is 14.3 Å². The number of rotatable bonds is 9. The number of benzene rings is 2. The third kappa shape index (κ3) is 6.14. The number of nitrogens with zero attached hydrogens (tertiary/aromatic N) is 1. The number of Topliss-reactive ketones (excluding diaryl/α,β-unsaturated/α-hetero) is 1. The summed E-state index contributed by atoms with van der Waals surface area (Å²) in [7, 11) is 1.56. The largest absolute Gasteiger partial charge is 0.493 e. The van der Waals surface area contributed by atoms with Crippen LogP contribution in [-0.2, 0) is 9.63 Å². The molecular formula is C20H22N2O5. The van der Waals surface area contributed by atoms with Crippen LogP contribution in [0.15, 0.2) is 47.6 Å². The Morgan fingerprint density at radius 3 is 2.48 bits per heavy atom. The fourth-order valence-electron chi connectivity index (χ4n) is 2.22. The molecule has 0 aliphatic heterocycles. The number of carbonyl (C=O) groups excluding carboxylic acids is 2. The highest BCUT2D eigenvalue weighted by Gasteiger charge is 2.05. The predicted molar refractivity (Wildman–Crippen MR) is 103 cm³/mol. The van der Waals surface area contributed by atoms with Gasteiger partial charge >= 0.3 is 0 Å². The van der Waals surface area contributed by atoms with Crippen molar-refractivity contribution >= 4 is 23.6 Å². The first-order chi connectivity index (χ1) is 13.0. The molecule has 2 aromatic carbocycles. The van der Waals surface area contributed by atoms with Gasteiger partial charge in [-0.05, 0) is 56.3 Å². The van der Waals surface area contributed by atoms with E-state index in [1.165, 1.54) is 13.1 Å². The second-order valence-electron chi connectivity index (χ2n) is 5.53. The van der Waals surface area contributed by atoms with E-state index in [0.29, 0.717) is 29.4 Å². The molecule has 7 nitrogen and oxygen atoms in total. The zero-order valence-electron chi connectivity index (χ0n) is 15.5. The third-order valence-corrected chi connectivity index (χ3v) is 3.53. The molecule has 142 valence electrons. The van der Waals surface area contributed by atoms with E-state index in [2.05, 4.69) is 10.5 Å². The molecule has 0 heterocycles. The van der Waals surface area contributed by atoms with E-state index in [0.717, 1.165) is 5.56 Å². The topological polar surface area (TPSA) is 86.2 Å². The highest BCUT2D eigenvalue weighted by atomic mass is 16.6. The highest BCUT2D eigenvalue weighted by molar-refractivity contribution is 5.95. The Kier molecular flexibility index (Phi) is 7.37. The minimum Gasteiger partial charge on any atom is -0.493 e. The van der Waals surface area contributed by atoms with Gasteiger partial charge in [0.05, 0.1) is 19.9 Å². The van der Waals surface area contributed by atoms with Gasteiger partial charge < -0.3 is 19.6 Å². The zero-order valence-corrected chi connectivity index (χ0v) is 15.5. The van der Waals surface area contributed by atoms with Crippen LogP contribution < -0.4 is 14.8 Å². The Morgan fingerprint density at radius 1 is 1.11 bits per heavy atom. The molecule has 1 amide bonds. The lowest BCUT2D eigenvalue weighted by atomic mass is 10.1. The van der Waals surface area contributed by atoms with E-state index in [1.807, 2.05) is 6.92 Å². The van der Waals surface area contributed by atoms with Gasteiger partial charge in [0.1, 0.15) is 0 Å². The Hall–Kier alpha value is -3.35. The lowest BCUT2D eigenvalue weighted by Crippen LogP contribution is -2.17. The first kappa shape index (κ1) is 20.0. The van der Waals surface area contributed by atoms with E-state index < -0.39 is 0 Å². The number of ketones is 1. The van der Waals surface area contributed by atoms with Crippen molar-refractivity contribution in [2.75, 3.05) is 25.6 Å². The highest BCUT2D eigenvalue weighted by Crippen LogP contribution is 2.27. The minimum atomic E-state index is -0.355. The van der Waals surface area contributed by atoms with Crippen molar-refractivity contribution in [3.05, 3.63) is 53.6 Å². The lowest BCUT2D eigenvalue weighted by Gasteiger charge is -2.09. The summed E-state index contributed by atoms with van der Waals surface area (Å²) in [6, 6.07) is 12.0. The SMILES string of the molecule is CCOc1ccc(/C=N\OCC(=O)Nc2ccc(C(C)=O)cc2)cc1OC. The van der Waals surface area contributed by atoms with Crippen molar-refractivity contribution in [2.24, 2.45) is 5.16 Å². The molecular weight excluding hydrogens is 348 g/mol. The number of carbonyl (C=O) groups is 2. The summed E-state index contributed by atoms with van der Waals surface area (Å²) in [5, 5.41) is 6.45. The van der Waals surface area contributed by atoms with Crippen LogP contribution in [0.25, 0.3) is 0 Å². The maximum absolute atomic E-state index is 11.8. The molecule has 0 atom stereocenters. The number of anilines is 1. The standard InChI is InChI=1S/C20H22N2O5/c1-4-26-18-10-5-15(11-19(18)25-3)12-21-27-13-20(24)22-17-8-6-16(7-9-17)14(2)23/h5-12H,4,13H2,1-3H3,(H,22,24)/b21-12-. The summed E-state index contributed by atoms with van der Waals surface area (Å²) >= 11 is 0. The van der Waals surface area contributed by atoms with Crippen molar-refractivity contribution in [1.82, 2.24) is 0 Å². The molecule has 0 radical (unpaired) electrons. The molecule has 2 rings (SSSR count). The maximum Gasteiger partial charge on any atom is 0.265 e. The number of hydrogen-bond donors (Lipinski definition) is 1. The molecule has 0 aliphatic rings. The zero-order chi connectivity index (χ0) is 19.6. The molecule has 0 fully saturated rings. The average Bonchev–Trinajstić information content (AvgIpc) is 2.66. The third-order valence-electron chi connectivity index (χ3n) is 3.53. The molecule has 0 aromatic heterocycles. The van der Waals surface area contributed by atoms with Crippen molar-refractivity contribution in [1.29, 1.82) is 0 Å². The number of hydrogen-bond acceptors (Lipinski definition) is 6. The van der Waals surface area contributed by atoms with E-state index in [-0.39, 0.29) is 18.3 Å². The molecule has 7 heteroatoms. The molecule has 1 N–H and O–H groups in total. The van der Waals surface area contributed by atoms with Crippen molar-refractivity contribution in [2.45, 2.75) is 13.8 Å². The Balaban J connectivity index is 1.84.